The summed E-state index contributed by atoms with van der Waals surface area (Å²) in [4.78, 5) is 14.4. The van der Waals surface area contributed by atoms with Crippen LogP contribution in [0.2, 0.25) is 0 Å². The highest BCUT2D eigenvalue weighted by molar-refractivity contribution is 6.09. The zero-order chi connectivity index (χ0) is 16.5. The summed E-state index contributed by atoms with van der Waals surface area (Å²) < 4.78 is 1.81. The molecule has 0 atom stereocenters. The predicted molar refractivity (Wildman–Crippen MR) is 95.7 cm³/mol. The minimum Gasteiger partial charge on any atom is -0.371 e. The van der Waals surface area contributed by atoms with Crippen LogP contribution in [0.15, 0.2) is 48.5 Å². The third kappa shape index (κ3) is 2.42. The molecule has 5 heteroatoms. The molecule has 122 valence electrons. The Kier molecular flexibility index (Phi) is 3.69. The predicted octanol–water partition coefficient (Wildman–Crippen LogP) is 3.11. The van der Waals surface area contributed by atoms with Crippen molar-refractivity contribution in [2.75, 3.05) is 18.0 Å². The van der Waals surface area contributed by atoms with Crippen molar-refractivity contribution in [1.29, 1.82) is 0 Å². The van der Waals surface area contributed by atoms with E-state index in [1.807, 2.05) is 47.1 Å². The van der Waals surface area contributed by atoms with Crippen LogP contribution >= 0.6 is 0 Å². The Morgan fingerprint density at radius 3 is 2.42 bits per heavy atom. The molecule has 4 rings (SSSR count). The van der Waals surface area contributed by atoms with Crippen molar-refractivity contribution >= 4 is 22.5 Å². The Balaban J connectivity index is 1.96. The number of primary amides is 1. The van der Waals surface area contributed by atoms with Crippen LogP contribution in [0.5, 0.6) is 0 Å². The van der Waals surface area contributed by atoms with Gasteiger partial charge in [0.15, 0.2) is 5.69 Å². The van der Waals surface area contributed by atoms with E-state index >= 15 is 0 Å². The van der Waals surface area contributed by atoms with E-state index in [1.54, 1.807) is 0 Å². The number of anilines is 1. The number of rotatable bonds is 3. The van der Waals surface area contributed by atoms with Gasteiger partial charge in [0.05, 0.1) is 16.6 Å². The molecule has 2 heterocycles. The lowest BCUT2D eigenvalue weighted by atomic mass is 10.1. The molecule has 1 amide bonds. The normalized spacial score (nSPS) is 14.9. The van der Waals surface area contributed by atoms with Crippen molar-refractivity contribution in [3.8, 4) is 5.69 Å². The third-order valence-corrected chi connectivity index (χ3v) is 4.62. The number of amides is 1. The molecular formula is C19H20N4O. The van der Waals surface area contributed by atoms with Crippen molar-refractivity contribution < 1.29 is 4.79 Å². The number of para-hydroxylation sites is 1. The molecule has 1 aliphatic rings. The van der Waals surface area contributed by atoms with Crippen molar-refractivity contribution in [3.63, 3.8) is 0 Å². The lowest BCUT2D eigenvalue weighted by Gasteiger charge is -2.29. The Morgan fingerprint density at radius 1 is 0.958 bits per heavy atom. The van der Waals surface area contributed by atoms with E-state index in [-0.39, 0.29) is 0 Å². The number of nitrogens with zero attached hydrogens (tertiary/aromatic N) is 3. The summed E-state index contributed by atoms with van der Waals surface area (Å²) in [6.45, 7) is 2.02. The number of fused-ring (bicyclic) bond motifs is 1. The van der Waals surface area contributed by atoms with Gasteiger partial charge in [-0.15, -0.1) is 0 Å². The summed E-state index contributed by atoms with van der Waals surface area (Å²) in [5.74, 6) is -0.487. The number of carbonyl (C=O) groups is 1. The molecule has 0 unspecified atom stereocenters. The van der Waals surface area contributed by atoms with Crippen molar-refractivity contribution in [2.24, 2.45) is 5.73 Å². The van der Waals surface area contributed by atoms with E-state index in [0.717, 1.165) is 35.4 Å². The summed E-state index contributed by atoms with van der Waals surface area (Å²) in [5.41, 5.74) is 8.87. The van der Waals surface area contributed by atoms with Gasteiger partial charge in [0, 0.05) is 18.8 Å². The number of aromatic nitrogens is 2. The van der Waals surface area contributed by atoms with Gasteiger partial charge < -0.3 is 10.6 Å². The van der Waals surface area contributed by atoms with E-state index in [4.69, 9.17) is 5.73 Å². The van der Waals surface area contributed by atoms with E-state index in [0.29, 0.717) is 5.69 Å². The first kappa shape index (κ1) is 14.8. The minimum absolute atomic E-state index is 0.343. The summed E-state index contributed by atoms with van der Waals surface area (Å²) in [6.07, 6.45) is 3.61. The van der Waals surface area contributed by atoms with E-state index < -0.39 is 5.91 Å². The third-order valence-electron chi connectivity index (χ3n) is 4.62. The first-order valence-corrected chi connectivity index (χ1v) is 8.37. The lowest BCUT2D eigenvalue weighted by molar-refractivity contribution is 0.0996. The van der Waals surface area contributed by atoms with Crippen molar-refractivity contribution in [2.45, 2.75) is 19.3 Å². The smallest absolute Gasteiger partial charge is 0.269 e. The summed E-state index contributed by atoms with van der Waals surface area (Å²) in [5, 5.41) is 5.39. The Morgan fingerprint density at radius 2 is 1.71 bits per heavy atom. The number of carbonyl (C=O) groups excluding carboxylic acids is 1. The van der Waals surface area contributed by atoms with Gasteiger partial charge in [0.2, 0.25) is 0 Å². The molecule has 5 nitrogen and oxygen atoms in total. The molecule has 1 fully saturated rings. The van der Waals surface area contributed by atoms with E-state index in [9.17, 15) is 4.79 Å². The zero-order valence-electron chi connectivity index (χ0n) is 13.5. The Bertz CT molecular complexity index is 879. The van der Waals surface area contributed by atoms with Gasteiger partial charge in [-0.2, -0.15) is 5.10 Å². The topological polar surface area (TPSA) is 64.2 Å². The monoisotopic (exact) mass is 320 g/mol. The molecule has 0 aliphatic carbocycles. The quantitative estimate of drug-likeness (QED) is 0.806. The van der Waals surface area contributed by atoms with Crippen LogP contribution in [0.1, 0.15) is 29.8 Å². The fourth-order valence-electron chi connectivity index (χ4n) is 3.49. The second-order valence-electron chi connectivity index (χ2n) is 6.18. The van der Waals surface area contributed by atoms with Gasteiger partial charge >= 0.3 is 0 Å². The first-order valence-electron chi connectivity index (χ1n) is 8.37. The van der Waals surface area contributed by atoms with E-state index in [1.165, 1.54) is 19.3 Å². The second kappa shape index (κ2) is 6.00. The van der Waals surface area contributed by atoms with Gasteiger partial charge in [0.1, 0.15) is 0 Å². The van der Waals surface area contributed by atoms with Gasteiger partial charge in [-0.1, -0.05) is 24.3 Å². The molecular weight excluding hydrogens is 300 g/mol. The summed E-state index contributed by atoms with van der Waals surface area (Å²) >= 11 is 0. The van der Waals surface area contributed by atoms with Gasteiger partial charge in [0.25, 0.3) is 5.91 Å². The molecule has 1 aliphatic heterocycles. The number of piperidine rings is 1. The number of hydrogen-bond acceptors (Lipinski definition) is 3. The van der Waals surface area contributed by atoms with Crippen LogP contribution in [-0.4, -0.2) is 28.8 Å². The highest BCUT2D eigenvalue weighted by Crippen LogP contribution is 2.32. The molecule has 1 aromatic heterocycles. The van der Waals surface area contributed by atoms with Crippen LogP contribution in [0.3, 0.4) is 0 Å². The molecule has 2 aromatic carbocycles. The van der Waals surface area contributed by atoms with Crippen LogP contribution in [0.4, 0.5) is 5.69 Å². The molecule has 2 N–H and O–H groups in total. The highest BCUT2D eigenvalue weighted by atomic mass is 16.1. The average molecular weight is 320 g/mol. The molecule has 24 heavy (non-hydrogen) atoms. The van der Waals surface area contributed by atoms with Gasteiger partial charge in [-0.3, -0.25) is 4.79 Å². The molecule has 3 aromatic rings. The second-order valence-corrected chi connectivity index (χ2v) is 6.18. The molecule has 0 bridgehead atoms. The SMILES string of the molecule is NC(=O)c1nn(-c2ccccc2)c2cccc(N3CCCCC3)c12. The lowest BCUT2D eigenvalue weighted by Crippen LogP contribution is -2.29. The maximum Gasteiger partial charge on any atom is 0.269 e. The largest absolute Gasteiger partial charge is 0.371 e. The highest BCUT2D eigenvalue weighted by Gasteiger charge is 2.22. The average Bonchev–Trinajstić information content (AvgIpc) is 3.03. The fraction of sp³-hybridized carbons (Fsp3) is 0.263. The molecule has 0 saturated carbocycles. The van der Waals surface area contributed by atoms with Crippen molar-refractivity contribution in [1.82, 2.24) is 9.78 Å². The molecule has 0 radical (unpaired) electrons. The Labute approximate surface area is 140 Å². The van der Waals surface area contributed by atoms with Crippen LogP contribution < -0.4 is 10.6 Å². The summed E-state index contributed by atoms with van der Waals surface area (Å²) in [7, 11) is 0. The minimum atomic E-state index is -0.487. The van der Waals surface area contributed by atoms with Gasteiger partial charge in [-0.05, 0) is 43.5 Å². The maximum atomic E-state index is 12.0. The number of nitrogens with two attached hydrogens (primary N) is 1. The first-order chi connectivity index (χ1) is 11.8. The molecule has 1 saturated heterocycles. The summed E-state index contributed by atoms with van der Waals surface area (Å²) in [6, 6.07) is 15.9. The van der Waals surface area contributed by atoms with Gasteiger partial charge in [-0.25, -0.2) is 4.68 Å². The van der Waals surface area contributed by atoms with Crippen molar-refractivity contribution in [3.05, 3.63) is 54.2 Å². The maximum absolute atomic E-state index is 12.0. The fourth-order valence-corrected chi connectivity index (χ4v) is 3.49. The van der Waals surface area contributed by atoms with Crippen LogP contribution in [0.25, 0.3) is 16.6 Å². The van der Waals surface area contributed by atoms with E-state index in [2.05, 4.69) is 16.1 Å². The number of benzene rings is 2. The zero-order valence-corrected chi connectivity index (χ0v) is 13.5. The molecule has 0 spiro atoms. The van der Waals surface area contributed by atoms with Crippen LogP contribution in [0, 0.1) is 0 Å². The Hall–Kier alpha value is -2.82. The standard InChI is InChI=1S/C19H20N4O/c20-19(24)18-17-15(22-12-5-2-6-13-22)10-7-11-16(17)23(21-18)14-8-3-1-4-9-14/h1,3-4,7-11H,2,5-6,12-13H2,(H2,20,24). The number of hydrogen-bond donors (Lipinski definition) is 1. The van der Waals surface area contributed by atoms with Crippen LogP contribution in [-0.2, 0) is 0 Å².